The van der Waals surface area contributed by atoms with Crippen LogP contribution in [0, 0.1) is 0 Å². The Kier molecular flexibility index (Phi) is 2.90. The molecule has 1 heterocycles. The van der Waals surface area contributed by atoms with Crippen LogP contribution in [-0.4, -0.2) is 25.0 Å². The first-order chi connectivity index (χ1) is 7.68. The van der Waals surface area contributed by atoms with Crippen molar-refractivity contribution in [3.8, 4) is 0 Å². The highest BCUT2D eigenvalue weighted by Gasteiger charge is 2.22. The molecule has 2 rings (SSSR count). The minimum absolute atomic E-state index is 0.112. The number of hydrogen-bond donors (Lipinski definition) is 0. The number of aliphatic imine (C=N–C) groups is 1. The summed E-state index contributed by atoms with van der Waals surface area (Å²) in [4.78, 5) is 17.6. The van der Waals surface area contributed by atoms with E-state index >= 15 is 0 Å². The first-order valence-corrected chi connectivity index (χ1v) is 5.28. The first-order valence-electron chi connectivity index (χ1n) is 5.28. The molecule has 1 amide bonds. The van der Waals surface area contributed by atoms with E-state index in [1.54, 1.807) is 11.1 Å². The van der Waals surface area contributed by atoms with E-state index in [1.807, 2.05) is 38.1 Å². The maximum atomic E-state index is 11.8. The molecule has 0 radical (unpaired) electrons. The number of hydrogen-bond acceptors (Lipinski definition) is 3. The Hall–Kier alpha value is -1.84. The fourth-order valence-electron chi connectivity index (χ4n) is 1.56. The van der Waals surface area contributed by atoms with E-state index in [9.17, 15) is 4.79 Å². The topological polar surface area (TPSA) is 41.9 Å². The van der Waals surface area contributed by atoms with Crippen molar-refractivity contribution in [3.63, 3.8) is 0 Å². The third-order valence-corrected chi connectivity index (χ3v) is 2.22. The van der Waals surface area contributed by atoms with Crippen LogP contribution in [-0.2, 0) is 4.74 Å². The van der Waals surface area contributed by atoms with Gasteiger partial charge in [0.1, 0.15) is 0 Å². The maximum absolute atomic E-state index is 11.8. The van der Waals surface area contributed by atoms with E-state index in [-0.39, 0.29) is 12.2 Å². The highest BCUT2D eigenvalue weighted by atomic mass is 16.6. The van der Waals surface area contributed by atoms with Gasteiger partial charge in [0.25, 0.3) is 0 Å². The highest BCUT2D eigenvalue weighted by Crippen LogP contribution is 2.30. The summed E-state index contributed by atoms with van der Waals surface area (Å²) >= 11 is 0. The number of amides is 1. The van der Waals surface area contributed by atoms with Crippen LogP contribution < -0.4 is 4.90 Å². The molecule has 0 bridgehead atoms. The van der Waals surface area contributed by atoms with E-state index in [4.69, 9.17) is 4.74 Å². The zero-order chi connectivity index (χ0) is 11.5. The third-order valence-electron chi connectivity index (χ3n) is 2.22. The summed E-state index contributed by atoms with van der Waals surface area (Å²) in [5.74, 6) is 0. The van der Waals surface area contributed by atoms with Crippen LogP contribution in [0.4, 0.5) is 16.2 Å². The van der Waals surface area contributed by atoms with Crippen LogP contribution in [0.1, 0.15) is 13.8 Å². The number of ether oxygens (including phenoxy) is 1. The normalized spacial score (nSPS) is 13.8. The fourth-order valence-corrected chi connectivity index (χ4v) is 1.56. The summed E-state index contributed by atoms with van der Waals surface area (Å²) in [6.45, 7) is 4.13. The molecule has 16 heavy (non-hydrogen) atoms. The summed E-state index contributed by atoms with van der Waals surface area (Å²) < 4.78 is 5.17. The van der Waals surface area contributed by atoms with Crippen LogP contribution in [0.2, 0.25) is 0 Å². The van der Waals surface area contributed by atoms with Crippen molar-refractivity contribution in [2.45, 2.75) is 20.0 Å². The summed E-state index contributed by atoms with van der Waals surface area (Å²) in [7, 11) is 0. The lowest BCUT2D eigenvalue weighted by Crippen LogP contribution is -2.35. The lowest BCUT2D eigenvalue weighted by Gasteiger charge is -2.25. The largest absolute Gasteiger partial charge is 0.446 e. The molecule has 1 aromatic rings. The molecule has 1 aliphatic rings. The molecular formula is C12H14N2O2. The first kappa shape index (κ1) is 10.7. The second-order valence-electron chi connectivity index (χ2n) is 3.84. The predicted molar refractivity (Wildman–Crippen MR) is 63.6 cm³/mol. The maximum Gasteiger partial charge on any atom is 0.414 e. The van der Waals surface area contributed by atoms with E-state index in [0.717, 1.165) is 11.4 Å². The Morgan fingerprint density at radius 3 is 2.94 bits per heavy atom. The van der Waals surface area contributed by atoms with Gasteiger partial charge in [-0.3, -0.25) is 9.89 Å². The second kappa shape index (κ2) is 4.35. The molecule has 0 saturated heterocycles. The Balaban J connectivity index is 2.25. The molecule has 0 saturated carbocycles. The Bertz CT molecular complexity index is 427. The molecular weight excluding hydrogens is 204 g/mol. The number of nitrogens with zero attached hydrogens (tertiary/aromatic N) is 2. The van der Waals surface area contributed by atoms with Gasteiger partial charge in [0.15, 0.2) is 0 Å². The Morgan fingerprint density at radius 2 is 2.19 bits per heavy atom. The SMILES string of the molecule is CC(C)OC(=O)N1CC=Nc2ccccc21. The number of carbonyl (C=O) groups excluding carboxylic acids is 1. The van der Waals surface area contributed by atoms with Crippen molar-refractivity contribution in [1.82, 2.24) is 0 Å². The van der Waals surface area contributed by atoms with Gasteiger partial charge >= 0.3 is 6.09 Å². The smallest absolute Gasteiger partial charge is 0.414 e. The van der Waals surface area contributed by atoms with Gasteiger partial charge < -0.3 is 4.74 Å². The quantitative estimate of drug-likeness (QED) is 0.727. The zero-order valence-electron chi connectivity index (χ0n) is 9.38. The molecule has 0 aromatic heterocycles. The molecule has 0 atom stereocenters. The molecule has 1 aromatic carbocycles. The average Bonchev–Trinajstić information content (AvgIpc) is 2.27. The molecule has 0 spiro atoms. The van der Waals surface area contributed by atoms with Crippen LogP contribution in [0.5, 0.6) is 0 Å². The van der Waals surface area contributed by atoms with Crippen LogP contribution in [0.3, 0.4) is 0 Å². The van der Waals surface area contributed by atoms with Crippen molar-refractivity contribution in [2.75, 3.05) is 11.4 Å². The monoisotopic (exact) mass is 218 g/mol. The Morgan fingerprint density at radius 1 is 1.44 bits per heavy atom. The van der Waals surface area contributed by atoms with Gasteiger partial charge in [0.05, 0.1) is 24.0 Å². The number of anilines is 1. The van der Waals surface area contributed by atoms with E-state index in [2.05, 4.69) is 4.99 Å². The highest BCUT2D eigenvalue weighted by molar-refractivity contribution is 5.97. The second-order valence-corrected chi connectivity index (χ2v) is 3.84. The zero-order valence-corrected chi connectivity index (χ0v) is 9.38. The van der Waals surface area contributed by atoms with Gasteiger partial charge in [-0.15, -0.1) is 0 Å². The lowest BCUT2D eigenvalue weighted by atomic mass is 10.2. The van der Waals surface area contributed by atoms with Crippen LogP contribution in [0.15, 0.2) is 29.3 Å². The molecule has 0 fully saturated rings. The number of benzene rings is 1. The van der Waals surface area contributed by atoms with E-state index in [1.165, 1.54) is 0 Å². The minimum atomic E-state index is -0.325. The average molecular weight is 218 g/mol. The van der Waals surface area contributed by atoms with Crippen LogP contribution >= 0.6 is 0 Å². The fraction of sp³-hybridized carbons (Fsp3) is 0.333. The van der Waals surface area contributed by atoms with Gasteiger partial charge in [-0.1, -0.05) is 12.1 Å². The molecule has 1 aliphatic heterocycles. The van der Waals surface area contributed by atoms with Gasteiger partial charge in [-0.05, 0) is 26.0 Å². The molecule has 4 heteroatoms. The molecule has 4 nitrogen and oxygen atoms in total. The Labute approximate surface area is 94.5 Å². The number of fused-ring (bicyclic) bond motifs is 1. The lowest BCUT2D eigenvalue weighted by molar-refractivity contribution is 0.123. The third kappa shape index (κ3) is 2.05. The van der Waals surface area contributed by atoms with Crippen LogP contribution in [0.25, 0.3) is 0 Å². The molecule has 84 valence electrons. The minimum Gasteiger partial charge on any atom is -0.446 e. The standard InChI is InChI=1S/C12H14N2O2/c1-9(2)16-12(15)14-8-7-13-10-5-3-4-6-11(10)14/h3-7,9H,8H2,1-2H3. The van der Waals surface area contributed by atoms with E-state index < -0.39 is 0 Å². The number of rotatable bonds is 1. The number of para-hydroxylation sites is 2. The van der Waals surface area contributed by atoms with Gasteiger partial charge in [0, 0.05) is 6.21 Å². The summed E-state index contributed by atoms with van der Waals surface area (Å²) in [6.07, 6.45) is 1.27. The molecule has 0 aliphatic carbocycles. The summed E-state index contributed by atoms with van der Waals surface area (Å²) in [6, 6.07) is 7.52. The molecule has 0 N–H and O–H groups in total. The molecule has 0 unspecified atom stereocenters. The summed E-state index contributed by atoms with van der Waals surface area (Å²) in [5.41, 5.74) is 1.60. The van der Waals surface area contributed by atoms with Gasteiger partial charge in [0.2, 0.25) is 0 Å². The van der Waals surface area contributed by atoms with Crippen molar-refractivity contribution in [1.29, 1.82) is 0 Å². The van der Waals surface area contributed by atoms with E-state index in [0.29, 0.717) is 6.54 Å². The van der Waals surface area contributed by atoms with Crippen molar-refractivity contribution < 1.29 is 9.53 Å². The summed E-state index contributed by atoms with van der Waals surface area (Å²) in [5, 5.41) is 0. The van der Waals surface area contributed by atoms with Crippen molar-refractivity contribution >= 4 is 23.7 Å². The van der Waals surface area contributed by atoms with Gasteiger partial charge in [-0.25, -0.2) is 4.79 Å². The van der Waals surface area contributed by atoms with Gasteiger partial charge in [-0.2, -0.15) is 0 Å². The predicted octanol–water partition coefficient (Wildman–Crippen LogP) is 2.75. The number of carbonyl (C=O) groups is 1. The van der Waals surface area contributed by atoms with Crippen molar-refractivity contribution in [3.05, 3.63) is 24.3 Å². The van der Waals surface area contributed by atoms with Crippen molar-refractivity contribution in [2.24, 2.45) is 4.99 Å².